The van der Waals surface area contributed by atoms with E-state index in [1.165, 1.54) is 24.8 Å². The van der Waals surface area contributed by atoms with Crippen LogP contribution in [0.3, 0.4) is 0 Å². The van der Waals surface area contributed by atoms with Gasteiger partial charge in [-0.2, -0.15) is 0 Å². The number of unbranched alkanes of at least 4 members (excludes halogenated alkanes) is 2. The van der Waals surface area contributed by atoms with E-state index < -0.39 is 0 Å². The third-order valence-electron chi connectivity index (χ3n) is 1.87. The van der Waals surface area contributed by atoms with Crippen LogP contribution in [0, 0.1) is 6.07 Å². The highest BCUT2D eigenvalue weighted by atomic mass is 35.5. The first-order chi connectivity index (χ1) is 5.83. The summed E-state index contributed by atoms with van der Waals surface area (Å²) in [6.07, 6.45) is 4.91. The highest BCUT2D eigenvalue weighted by Crippen LogP contribution is 2.12. The second-order valence-corrected chi connectivity index (χ2v) is 3.43. The Morgan fingerprint density at radius 3 is 2.92 bits per heavy atom. The first-order valence-electron chi connectivity index (χ1n) is 4.49. The first kappa shape index (κ1) is 9.60. The van der Waals surface area contributed by atoms with Gasteiger partial charge in [0, 0.05) is 5.02 Å². The van der Waals surface area contributed by atoms with Crippen LogP contribution in [0.4, 0.5) is 0 Å². The molecule has 0 fully saturated rings. The fraction of sp³-hybridized carbons (Fsp3) is 0.455. The average molecular weight is 182 g/mol. The van der Waals surface area contributed by atoms with E-state index in [4.69, 9.17) is 11.6 Å². The Kier molecular flexibility index (Phi) is 4.16. The third-order valence-corrected chi connectivity index (χ3v) is 2.11. The molecule has 0 N–H and O–H groups in total. The van der Waals surface area contributed by atoms with Crippen LogP contribution in [0.15, 0.2) is 18.2 Å². The quantitative estimate of drug-likeness (QED) is 0.619. The van der Waals surface area contributed by atoms with Crippen molar-refractivity contribution in [2.24, 2.45) is 0 Å². The van der Waals surface area contributed by atoms with Crippen LogP contribution in [-0.2, 0) is 6.42 Å². The van der Waals surface area contributed by atoms with E-state index in [1.807, 2.05) is 18.2 Å². The van der Waals surface area contributed by atoms with Gasteiger partial charge < -0.3 is 0 Å². The summed E-state index contributed by atoms with van der Waals surface area (Å²) in [5.74, 6) is 0. The lowest BCUT2D eigenvalue weighted by molar-refractivity contribution is 0.717. The lowest BCUT2D eigenvalue weighted by Crippen LogP contribution is -1.84. The van der Waals surface area contributed by atoms with Crippen LogP contribution in [-0.4, -0.2) is 0 Å². The van der Waals surface area contributed by atoms with Gasteiger partial charge in [-0.25, -0.2) is 0 Å². The summed E-state index contributed by atoms with van der Waals surface area (Å²) in [4.78, 5) is 0. The Balaban J connectivity index is 2.41. The minimum Gasteiger partial charge on any atom is -0.0843 e. The maximum atomic E-state index is 5.84. The molecule has 0 amide bonds. The van der Waals surface area contributed by atoms with Crippen molar-refractivity contribution in [3.63, 3.8) is 0 Å². The molecule has 0 aliphatic carbocycles. The van der Waals surface area contributed by atoms with Gasteiger partial charge in [0.15, 0.2) is 0 Å². The number of hydrogen-bond donors (Lipinski definition) is 0. The fourth-order valence-corrected chi connectivity index (χ4v) is 1.39. The number of hydrogen-bond acceptors (Lipinski definition) is 0. The summed E-state index contributed by atoms with van der Waals surface area (Å²) in [6.45, 7) is 2.21. The molecule has 0 aromatic heterocycles. The highest BCUT2D eigenvalue weighted by Gasteiger charge is 1.93. The normalized spacial score (nSPS) is 10.2. The number of halogens is 1. The molecular weight excluding hydrogens is 168 g/mol. The standard InChI is InChI=1S/C11H14Cl/c1-2-3-4-6-10-7-5-8-11(12)9-10/h5,8-9H,2-4,6H2,1H3. The van der Waals surface area contributed by atoms with Gasteiger partial charge in [-0.3, -0.25) is 0 Å². The Hall–Kier alpha value is -0.490. The molecule has 65 valence electrons. The average Bonchev–Trinajstić information content (AvgIpc) is 2.05. The summed E-state index contributed by atoms with van der Waals surface area (Å²) in [6, 6.07) is 8.94. The zero-order chi connectivity index (χ0) is 8.81. The predicted octanol–water partition coefficient (Wildman–Crippen LogP) is 3.87. The summed E-state index contributed by atoms with van der Waals surface area (Å²) in [5, 5.41) is 0.820. The zero-order valence-electron chi connectivity index (χ0n) is 7.44. The van der Waals surface area contributed by atoms with Crippen LogP contribution in [0.25, 0.3) is 0 Å². The van der Waals surface area contributed by atoms with Gasteiger partial charge in [-0.05, 0) is 36.6 Å². The number of rotatable bonds is 4. The van der Waals surface area contributed by atoms with Crippen molar-refractivity contribution >= 4 is 11.6 Å². The molecule has 1 aromatic carbocycles. The van der Waals surface area contributed by atoms with Crippen LogP contribution in [0.2, 0.25) is 5.02 Å². The van der Waals surface area contributed by atoms with Crippen LogP contribution >= 0.6 is 11.6 Å². The second kappa shape index (κ2) is 5.21. The minimum absolute atomic E-state index is 0.820. The van der Waals surface area contributed by atoms with E-state index in [2.05, 4.69) is 13.0 Å². The van der Waals surface area contributed by atoms with Crippen molar-refractivity contribution in [3.05, 3.63) is 34.9 Å². The lowest BCUT2D eigenvalue weighted by Gasteiger charge is -1.99. The molecule has 0 saturated heterocycles. The van der Waals surface area contributed by atoms with Gasteiger partial charge in [-0.1, -0.05) is 37.4 Å². The molecule has 0 bridgehead atoms. The molecule has 0 unspecified atom stereocenters. The highest BCUT2D eigenvalue weighted by molar-refractivity contribution is 6.30. The molecule has 0 saturated carbocycles. The van der Waals surface area contributed by atoms with Crippen molar-refractivity contribution in [2.45, 2.75) is 32.6 Å². The smallest absolute Gasteiger partial charge is 0.0409 e. The summed E-state index contributed by atoms with van der Waals surface area (Å²) in [7, 11) is 0. The zero-order valence-corrected chi connectivity index (χ0v) is 8.19. The summed E-state index contributed by atoms with van der Waals surface area (Å²) in [5.41, 5.74) is 1.23. The molecule has 0 heterocycles. The van der Waals surface area contributed by atoms with Crippen molar-refractivity contribution in [3.8, 4) is 0 Å². The van der Waals surface area contributed by atoms with Gasteiger partial charge >= 0.3 is 0 Å². The van der Waals surface area contributed by atoms with Crippen molar-refractivity contribution in [1.29, 1.82) is 0 Å². The van der Waals surface area contributed by atoms with E-state index in [-0.39, 0.29) is 0 Å². The molecule has 0 atom stereocenters. The topological polar surface area (TPSA) is 0 Å². The molecule has 1 radical (unpaired) electrons. The lowest BCUT2D eigenvalue weighted by atomic mass is 10.1. The SMILES string of the molecule is CCCCCc1[c]ccc(Cl)c1. The van der Waals surface area contributed by atoms with E-state index in [0.717, 1.165) is 11.4 Å². The van der Waals surface area contributed by atoms with Crippen molar-refractivity contribution < 1.29 is 0 Å². The Bertz CT molecular complexity index is 230. The van der Waals surface area contributed by atoms with Gasteiger partial charge in [0.05, 0.1) is 0 Å². The molecular formula is C11H14Cl. The molecule has 0 aliphatic heterocycles. The fourth-order valence-electron chi connectivity index (χ4n) is 1.19. The van der Waals surface area contributed by atoms with Crippen LogP contribution in [0.1, 0.15) is 31.7 Å². The van der Waals surface area contributed by atoms with Crippen LogP contribution < -0.4 is 0 Å². The number of aryl methyl sites for hydroxylation is 1. The molecule has 1 aromatic rings. The predicted molar refractivity (Wildman–Crippen MR) is 53.5 cm³/mol. The van der Waals surface area contributed by atoms with E-state index >= 15 is 0 Å². The van der Waals surface area contributed by atoms with Crippen molar-refractivity contribution in [1.82, 2.24) is 0 Å². The molecule has 12 heavy (non-hydrogen) atoms. The monoisotopic (exact) mass is 181 g/mol. The molecule has 0 spiro atoms. The van der Waals surface area contributed by atoms with Gasteiger partial charge in [0.1, 0.15) is 0 Å². The van der Waals surface area contributed by atoms with Gasteiger partial charge in [-0.15, -0.1) is 0 Å². The third kappa shape index (κ3) is 3.27. The van der Waals surface area contributed by atoms with E-state index in [0.29, 0.717) is 0 Å². The number of benzene rings is 1. The Labute approximate surface area is 79.6 Å². The summed E-state index contributed by atoms with van der Waals surface area (Å²) < 4.78 is 0. The maximum absolute atomic E-state index is 5.84. The molecule has 0 aliphatic rings. The minimum atomic E-state index is 0.820. The Morgan fingerprint density at radius 2 is 2.25 bits per heavy atom. The van der Waals surface area contributed by atoms with Gasteiger partial charge in [0.2, 0.25) is 0 Å². The van der Waals surface area contributed by atoms with Crippen molar-refractivity contribution in [2.75, 3.05) is 0 Å². The van der Waals surface area contributed by atoms with E-state index in [9.17, 15) is 0 Å². The summed E-state index contributed by atoms with van der Waals surface area (Å²) >= 11 is 5.84. The Morgan fingerprint density at radius 1 is 1.42 bits per heavy atom. The molecule has 1 rings (SSSR count). The molecule has 0 nitrogen and oxygen atoms in total. The molecule has 1 heteroatoms. The first-order valence-corrected chi connectivity index (χ1v) is 4.87. The van der Waals surface area contributed by atoms with Crippen LogP contribution in [0.5, 0.6) is 0 Å². The largest absolute Gasteiger partial charge is 0.0843 e. The van der Waals surface area contributed by atoms with E-state index in [1.54, 1.807) is 0 Å². The second-order valence-electron chi connectivity index (χ2n) is 2.99. The van der Waals surface area contributed by atoms with Gasteiger partial charge in [0.25, 0.3) is 0 Å². The maximum Gasteiger partial charge on any atom is 0.0409 e.